The fourth-order valence-electron chi connectivity index (χ4n) is 2.12. The highest BCUT2D eigenvalue weighted by Gasteiger charge is 2.11. The molecule has 2 rings (SSSR count). The first-order chi connectivity index (χ1) is 10.7. The van der Waals surface area contributed by atoms with Crippen molar-refractivity contribution in [2.24, 2.45) is 5.73 Å². The van der Waals surface area contributed by atoms with Crippen molar-refractivity contribution in [2.75, 3.05) is 0 Å². The van der Waals surface area contributed by atoms with E-state index in [9.17, 15) is 9.59 Å². The monoisotopic (exact) mass is 313 g/mol. The first kappa shape index (κ1) is 16.3. The maximum atomic E-state index is 12.3. The first-order valence-corrected chi connectivity index (χ1v) is 8.22. The number of hydrogen-bond acceptors (Lipinski definition) is 3. The summed E-state index contributed by atoms with van der Waals surface area (Å²) in [6.45, 7) is 0. The molecular formula is C18H19NO2S. The molecule has 1 amide bonds. The lowest BCUT2D eigenvalue weighted by molar-refractivity contribution is -0.118. The van der Waals surface area contributed by atoms with Gasteiger partial charge in [0.2, 0.25) is 5.91 Å². The zero-order chi connectivity index (χ0) is 15.8. The largest absolute Gasteiger partial charge is 0.370 e. The first-order valence-electron chi connectivity index (χ1n) is 7.24. The van der Waals surface area contributed by atoms with Gasteiger partial charge >= 0.3 is 0 Å². The minimum absolute atomic E-state index is 0.0670. The van der Waals surface area contributed by atoms with E-state index >= 15 is 0 Å². The van der Waals surface area contributed by atoms with Crippen molar-refractivity contribution in [2.45, 2.75) is 29.9 Å². The van der Waals surface area contributed by atoms with Gasteiger partial charge < -0.3 is 5.73 Å². The molecule has 0 radical (unpaired) electrons. The molecule has 0 aromatic heterocycles. The molecule has 22 heavy (non-hydrogen) atoms. The summed E-state index contributed by atoms with van der Waals surface area (Å²) in [5.41, 5.74) is 7.06. The molecule has 0 bridgehead atoms. The Morgan fingerprint density at radius 3 is 2.32 bits per heavy atom. The molecule has 0 saturated carbocycles. The minimum atomic E-state index is -0.362. The minimum Gasteiger partial charge on any atom is -0.370 e. The zero-order valence-electron chi connectivity index (χ0n) is 12.3. The van der Waals surface area contributed by atoms with Crippen LogP contribution >= 0.6 is 11.8 Å². The molecule has 2 aromatic carbocycles. The second kappa shape index (κ2) is 8.39. The Morgan fingerprint density at radius 2 is 1.59 bits per heavy atom. The van der Waals surface area contributed by atoms with E-state index in [1.807, 2.05) is 42.5 Å². The fraction of sp³-hybridized carbons (Fsp3) is 0.222. The molecule has 2 N–H and O–H groups in total. The maximum Gasteiger partial charge on any atom is 0.217 e. The molecule has 2 aromatic rings. The second-order valence-electron chi connectivity index (χ2n) is 5.01. The Bertz CT molecular complexity index is 641. The number of Topliss-reactive ketones (excluding diaryl/α,β-unsaturated/α-hetero) is 1. The molecule has 0 saturated heterocycles. The normalized spacial score (nSPS) is 10.4. The van der Waals surface area contributed by atoms with Gasteiger partial charge in [0.15, 0.2) is 5.78 Å². The van der Waals surface area contributed by atoms with Crippen molar-refractivity contribution in [1.29, 1.82) is 0 Å². The number of primary amides is 1. The van der Waals surface area contributed by atoms with Crippen molar-refractivity contribution in [1.82, 2.24) is 0 Å². The predicted molar refractivity (Wildman–Crippen MR) is 89.8 cm³/mol. The third-order valence-electron chi connectivity index (χ3n) is 3.25. The summed E-state index contributed by atoms with van der Waals surface area (Å²) in [6.07, 6.45) is 1.11. The molecule has 0 unspecified atom stereocenters. The Kier molecular flexibility index (Phi) is 6.22. The number of nitrogens with two attached hydrogens (primary N) is 1. The molecule has 0 fully saturated rings. The number of ketones is 1. The number of carbonyl (C=O) groups excluding carboxylic acids is 2. The fourth-order valence-corrected chi connectivity index (χ4v) is 3.14. The molecule has 114 valence electrons. The smallest absolute Gasteiger partial charge is 0.217 e. The number of rotatable bonds is 8. The van der Waals surface area contributed by atoms with Gasteiger partial charge in [0.25, 0.3) is 0 Å². The number of hydrogen-bond donors (Lipinski definition) is 1. The van der Waals surface area contributed by atoms with Crippen LogP contribution in [0.25, 0.3) is 0 Å². The van der Waals surface area contributed by atoms with Crippen molar-refractivity contribution in [3.8, 4) is 0 Å². The summed E-state index contributed by atoms with van der Waals surface area (Å²) in [6, 6.07) is 17.8. The summed E-state index contributed by atoms with van der Waals surface area (Å²) in [5.74, 6) is 0.531. The van der Waals surface area contributed by atoms with Crippen LogP contribution in [-0.2, 0) is 10.5 Å². The molecule has 0 spiro atoms. The van der Waals surface area contributed by atoms with Gasteiger partial charge in [0, 0.05) is 29.1 Å². The lowest BCUT2D eigenvalue weighted by atomic mass is 10.1. The number of carbonyl (C=O) groups is 2. The zero-order valence-corrected chi connectivity index (χ0v) is 13.1. The van der Waals surface area contributed by atoms with Crippen LogP contribution in [0.15, 0.2) is 59.5 Å². The van der Waals surface area contributed by atoms with Gasteiger partial charge in [-0.1, -0.05) is 48.5 Å². The topological polar surface area (TPSA) is 60.2 Å². The Balaban J connectivity index is 2.00. The summed E-state index contributed by atoms with van der Waals surface area (Å²) in [4.78, 5) is 24.0. The van der Waals surface area contributed by atoms with E-state index in [4.69, 9.17) is 5.73 Å². The van der Waals surface area contributed by atoms with Crippen LogP contribution in [0, 0.1) is 0 Å². The maximum absolute atomic E-state index is 12.3. The van der Waals surface area contributed by atoms with Gasteiger partial charge in [-0.3, -0.25) is 9.59 Å². The summed E-state index contributed by atoms with van der Waals surface area (Å²) in [7, 11) is 0. The van der Waals surface area contributed by atoms with Crippen LogP contribution < -0.4 is 5.73 Å². The number of amides is 1. The van der Waals surface area contributed by atoms with Crippen LogP contribution in [0.4, 0.5) is 0 Å². The van der Waals surface area contributed by atoms with E-state index in [0.29, 0.717) is 12.8 Å². The third-order valence-corrected chi connectivity index (χ3v) is 4.40. The second-order valence-corrected chi connectivity index (χ2v) is 6.03. The molecule has 0 aliphatic carbocycles. The van der Waals surface area contributed by atoms with E-state index in [1.54, 1.807) is 11.8 Å². The molecule has 0 atom stereocenters. The van der Waals surface area contributed by atoms with Crippen LogP contribution in [0.1, 0.15) is 35.2 Å². The van der Waals surface area contributed by atoms with E-state index in [0.717, 1.165) is 16.2 Å². The highest BCUT2D eigenvalue weighted by molar-refractivity contribution is 7.98. The van der Waals surface area contributed by atoms with Gasteiger partial charge in [-0.05, 0) is 18.1 Å². The highest BCUT2D eigenvalue weighted by atomic mass is 32.2. The average molecular weight is 313 g/mol. The van der Waals surface area contributed by atoms with E-state index in [2.05, 4.69) is 12.1 Å². The van der Waals surface area contributed by atoms with Crippen molar-refractivity contribution in [3.63, 3.8) is 0 Å². The summed E-state index contributed by atoms with van der Waals surface area (Å²) >= 11 is 1.66. The van der Waals surface area contributed by atoms with Gasteiger partial charge in [-0.25, -0.2) is 0 Å². The lowest BCUT2D eigenvalue weighted by Crippen LogP contribution is -2.11. The van der Waals surface area contributed by atoms with E-state index in [-0.39, 0.29) is 18.1 Å². The molecule has 0 heterocycles. The Labute approximate surface area is 134 Å². The van der Waals surface area contributed by atoms with E-state index in [1.165, 1.54) is 5.56 Å². The molecule has 0 aliphatic heterocycles. The lowest BCUT2D eigenvalue weighted by Gasteiger charge is -2.08. The van der Waals surface area contributed by atoms with Crippen LogP contribution in [0.3, 0.4) is 0 Å². The Morgan fingerprint density at radius 1 is 0.909 bits per heavy atom. The van der Waals surface area contributed by atoms with Crippen LogP contribution in [-0.4, -0.2) is 11.7 Å². The van der Waals surface area contributed by atoms with Crippen molar-refractivity contribution >= 4 is 23.5 Å². The number of thioether (sulfide) groups is 1. The van der Waals surface area contributed by atoms with Gasteiger partial charge in [0.05, 0.1) is 0 Å². The van der Waals surface area contributed by atoms with Crippen LogP contribution in [0.2, 0.25) is 0 Å². The van der Waals surface area contributed by atoms with Gasteiger partial charge in [-0.15, -0.1) is 11.8 Å². The van der Waals surface area contributed by atoms with Gasteiger partial charge in [0.1, 0.15) is 0 Å². The quantitative estimate of drug-likeness (QED) is 0.595. The average Bonchev–Trinajstić information content (AvgIpc) is 2.54. The summed E-state index contributed by atoms with van der Waals surface area (Å²) in [5, 5.41) is 0. The van der Waals surface area contributed by atoms with Gasteiger partial charge in [-0.2, -0.15) is 0 Å². The summed E-state index contributed by atoms with van der Waals surface area (Å²) < 4.78 is 0. The van der Waals surface area contributed by atoms with Crippen molar-refractivity contribution < 1.29 is 9.59 Å². The molecular weight excluding hydrogens is 294 g/mol. The molecule has 4 heteroatoms. The standard InChI is InChI=1S/C18H19NO2S/c19-18(21)12-6-10-16(20)15-9-4-5-11-17(15)22-13-14-7-2-1-3-8-14/h1-5,7-9,11H,6,10,12-13H2,(H2,19,21). The SMILES string of the molecule is NC(=O)CCCC(=O)c1ccccc1SCc1ccccc1. The highest BCUT2D eigenvalue weighted by Crippen LogP contribution is 2.27. The number of benzene rings is 2. The van der Waals surface area contributed by atoms with Crippen LogP contribution in [0.5, 0.6) is 0 Å². The third kappa shape index (κ3) is 5.04. The molecule has 3 nitrogen and oxygen atoms in total. The predicted octanol–water partition coefficient (Wildman–Crippen LogP) is 3.82. The Hall–Kier alpha value is -2.07. The van der Waals surface area contributed by atoms with Crippen molar-refractivity contribution in [3.05, 3.63) is 65.7 Å². The van der Waals surface area contributed by atoms with E-state index < -0.39 is 0 Å². The molecule has 0 aliphatic rings.